The molecule has 100 valence electrons. The van der Waals surface area contributed by atoms with Crippen LogP contribution in [-0.4, -0.2) is 30.3 Å². The van der Waals surface area contributed by atoms with Crippen LogP contribution in [0.15, 0.2) is 22.9 Å². The lowest BCUT2D eigenvalue weighted by molar-refractivity contribution is -0.174. The van der Waals surface area contributed by atoms with E-state index in [-0.39, 0.29) is 13.0 Å². The van der Waals surface area contributed by atoms with Crippen molar-refractivity contribution < 1.29 is 22.7 Å². The lowest BCUT2D eigenvalue weighted by atomic mass is 10.3. The SMILES string of the molecule is O=C(CCOCC(F)(F)F)Nc1ccncc1Br. The summed E-state index contributed by atoms with van der Waals surface area (Å²) in [5, 5.41) is 2.52. The number of ether oxygens (including phenoxy) is 1. The van der Waals surface area contributed by atoms with Crippen LogP contribution in [0.5, 0.6) is 0 Å². The number of carbonyl (C=O) groups is 1. The molecule has 0 aliphatic carbocycles. The minimum absolute atomic E-state index is 0.148. The van der Waals surface area contributed by atoms with Gasteiger partial charge in [-0.1, -0.05) is 0 Å². The Kier molecular flexibility index (Phi) is 5.54. The monoisotopic (exact) mass is 326 g/mol. The Morgan fingerprint density at radius 3 is 2.83 bits per heavy atom. The molecule has 18 heavy (non-hydrogen) atoms. The molecule has 0 atom stereocenters. The summed E-state index contributed by atoms with van der Waals surface area (Å²) in [5.41, 5.74) is 0.505. The van der Waals surface area contributed by atoms with Gasteiger partial charge in [0, 0.05) is 12.4 Å². The molecule has 0 saturated heterocycles. The number of amides is 1. The highest BCUT2D eigenvalue weighted by atomic mass is 79.9. The molecule has 1 amide bonds. The Bertz CT molecular complexity index is 412. The quantitative estimate of drug-likeness (QED) is 0.846. The van der Waals surface area contributed by atoms with Gasteiger partial charge in [0.25, 0.3) is 0 Å². The van der Waals surface area contributed by atoms with E-state index in [1.807, 2.05) is 0 Å². The van der Waals surface area contributed by atoms with Crippen LogP contribution in [-0.2, 0) is 9.53 Å². The smallest absolute Gasteiger partial charge is 0.372 e. The van der Waals surface area contributed by atoms with E-state index in [2.05, 4.69) is 31.0 Å². The number of alkyl halides is 3. The van der Waals surface area contributed by atoms with Gasteiger partial charge in [-0.15, -0.1) is 0 Å². The molecule has 8 heteroatoms. The first kappa shape index (κ1) is 14.9. The zero-order valence-corrected chi connectivity index (χ0v) is 10.7. The molecule has 1 rings (SSSR count). The van der Waals surface area contributed by atoms with Crippen LogP contribution in [0, 0.1) is 0 Å². The molecule has 0 fully saturated rings. The number of anilines is 1. The van der Waals surface area contributed by atoms with Crippen LogP contribution in [0.2, 0.25) is 0 Å². The zero-order valence-electron chi connectivity index (χ0n) is 9.13. The normalized spacial score (nSPS) is 11.3. The summed E-state index contributed by atoms with van der Waals surface area (Å²) >= 11 is 3.18. The second-order valence-electron chi connectivity index (χ2n) is 3.32. The zero-order chi connectivity index (χ0) is 13.6. The van der Waals surface area contributed by atoms with Crippen LogP contribution in [0.4, 0.5) is 18.9 Å². The summed E-state index contributed by atoms with van der Waals surface area (Å²) in [7, 11) is 0. The molecule has 0 aliphatic rings. The Balaban J connectivity index is 2.29. The number of rotatable bonds is 5. The van der Waals surface area contributed by atoms with Crippen molar-refractivity contribution in [2.75, 3.05) is 18.5 Å². The second kappa shape index (κ2) is 6.69. The highest BCUT2D eigenvalue weighted by Crippen LogP contribution is 2.20. The van der Waals surface area contributed by atoms with Crippen molar-refractivity contribution in [1.29, 1.82) is 0 Å². The van der Waals surface area contributed by atoms with Crippen LogP contribution in [0.3, 0.4) is 0 Å². The van der Waals surface area contributed by atoms with Crippen LogP contribution in [0.25, 0.3) is 0 Å². The largest absolute Gasteiger partial charge is 0.411 e. The molecular formula is C10H10BrF3N2O2. The molecule has 0 bridgehead atoms. The van der Waals surface area contributed by atoms with Crippen molar-refractivity contribution in [2.24, 2.45) is 0 Å². The van der Waals surface area contributed by atoms with Gasteiger partial charge < -0.3 is 10.1 Å². The molecule has 4 nitrogen and oxygen atoms in total. The summed E-state index contributed by atoms with van der Waals surface area (Å²) in [6, 6.07) is 1.57. The van der Waals surface area contributed by atoms with Crippen LogP contribution in [0.1, 0.15) is 6.42 Å². The molecule has 0 aromatic carbocycles. The predicted molar refractivity (Wildman–Crippen MR) is 62.1 cm³/mol. The highest BCUT2D eigenvalue weighted by Gasteiger charge is 2.27. The number of aromatic nitrogens is 1. The topological polar surface area (TPSA) is 51.2 Å². The van der Waals surface area contributed by atoms with Crippen molar-refractivity contribution in [3.05, 3.63) is 22.9 Å². The molecule has 0 saturated carbocycles. The van der Waals surface area contributed by atoms with Gasteiger partial charge in [0.05, 0.1) is 23.2 Å². The van der Waals surface area contributed by atoms with Gasteiger partial charge in [-0.3, -0.25) is 9.78 Å². The van der Waals surface area contributed by atoms with Crippen molar-refractivity contribution >= 4 is 27.5 Å². The van der Waals surface area contributed by atoms with Crippen LogP contribution < -0.4 is 5.32 Å². The summed E-state index contributed by atoms with van der Waals surface area (Å²) < 4.78 is 40.1. The molecule has 0 spiro atoms. The molecule has 1 aromatic heterocycles. The summed E-state index contributed by atoms with van der Waals surface area (Å²) in [5.74, 6) is -0.427. The van der Waals surface area contributed by atoms with Crippen molar-refractivity contribution in [1.82, 2.24) is 4.98 Å². The van der Waals surface area contributed by atoms with Gasteiger partial charge in [-0.2, -0.15) is 13.2 Å². The van der Waals surface area contributed by atoms with E-state index in [1.54, 1.807) is 6.07 Å². The Morgan fingerprint density at radius 1 is 1.50 bits per heavy atom. The Labute approximate surface area is 110 Å². The van der Waals surface area contributed by atoms with E-state index in [0.29, 0.717) is 10.2 Å². The van der Waals surface area contributed by atoms with E-state index in [9.17, 15) is 18.0 Å². The van der Waals surface area contributed by atoms with E-state index >= 15 is 0 Å². The first-order valence-corrected chi connectivity index (χ1v) is 5.71. The molecule has 0 unspecified atom stereocenters. The first-order valence-electron chi connectivity index (χ1n) is 4.92. The van der Waals surface area contributed by atoms with Gasteiger partial charge in [-0.25, -0.2) is 0 Å². The maximum Gasteiger partial charge on any atom is 0.411 e. The van der Waals surface area contributed by atoms with E-state index in [4.69, 9.17) is 0 Å². The highest BCUT2D eigenvalue weighted by molar-refractivity contribution is 9.10. The number of hydrogen-bond acceptors (Lipinski definition) is 3. The molecule has 0 radical (unpaired) electrons. The Morgan fingerprint density at radius 2 is 2.22 bits per heavy atom. The summed E-state index contributed by atoms with van der Waals surface area (Å²) in [6.45, 7) is -1.63. The molecule has 0 aliphatic heterocycles. The number of halogens is 4. The predicted octanol–water partition coefficient (Wildman–Crippen LogP) is 2.75. The van der Waals surface area contributed by atoms with Gasteiger partial charge in [0.2, 0.25) is 5.91 Å². The molecular weight excluding hydrogens is 317 g/mol. The fourth-order valence-corrected chi connectivity index (χ4v) is 1.39. The maximum atomic E-state index is 11.7. The van der Waals surface area contributed by atoms with E-state index < -0.39 is 18.7 Å². The summed E-state index contributed by atoms with van der Waals surface area (Å²) in [4.78, 5) is 15.2. The van der Waals surface area contributed by atoms with E-state index in [0.717, 1.165) is 0 Å². The summed E-state index contributed by atoms with van der Waals surface area (Å²) in [6.07, 6.45) is -1.54. The van der Waals surface area contributed by atoms with Gasteiger partial charge >= 0.3 is 6.18 Å². The number of nitrogens with one attached hydrogen (secondary N) is 1. The number of pyridine rings is 1. The Hall–Kier alpha value is -1.15. The van der Waals surface area contributed by atoms with Gasteiger partial charge in [-0.05, 0) is 22.0 Å². The van der Waals surface area contributed by atoms with Crippen molar-refractivity contribution in [3.8, 4) is 0 Å². The number of nitrogens with zero attached hydrogens (tertiary/aromatic N) is 1. The third kappa shape index (κ3) is 5.97. The molecule has 1 aromatic rings. The van der Waals surface area contributed by atoms with E-state index in [1.165, 1.54) is 12.4 Å². The van der Waals surface area contributed by atoms with Crippen molar-refractivity contribution in [3.63, 3.8) is 0 Å². The lowest BCUT2D eigenvalue weighted by Gasteiger charge is -2.08. The third-order valence-electron chi connectivity index (χ3n) is 1.79. The number of hydrogen-bond donors (Lipinski definition) is 1. The van der Waals surface area contributed by atoms with Crippen molar-refractivity contribution in [2.45, 2.75) is 12.6 Å². The third-order valence-corrected chi connectivity index (χ3v) is 2.42. The van der Waals surface area contributed by atoms with Crippen LogP contribution >= 0.6 is 15.9 Å². The fraction of sp³-hybridized carbons (Fsp3) is 0.400. The average Bonchev–Trinajstić information content (AvgIpc) is 2.26. The maximum absolute atomic E-state index is 11.7. The number of carbonyl (C=O) groups excluding carboxylic acids is 1. The molecule has 1 N–H and O–H groups in total. The van der Waals surface area contributed by atoms with Gasteiger partial charge in [0.15, 0.2) is 0 Å². The minimum atomic E-state index is -4.37. The minimum Gasteiger partial charge on any atom is -0.372 e. The standard InChI is InChI=1S/C10H10BrF3N2O2/c11-7-5-15-3-1-8(7)16-9(17)2-4-18-6-10(12,13)14/h1,3,5H,2,4,6H2,(H,15,16,17). The first-order chi connectivity index (χ1) is 8.38. The molecule has 1 heterocycles. The second-order valence-corrected chi connectivity index (χ2v) is 4.18. The average molecular weight is 327 g/mol. The lowest BCUT2D eigenvalue weighted by Crippen LogP contribution is -2.20. The fourth-order valence-electron chi connectivity index (χ4n) is 1.04. The van der Waals surface area contributed by atoms with Gasteiger partial charge in [0.1, 0.15) is 6.61 Å².